The number of rotatable bonds is 9. The smallest absolute Gasteiger partial charge is 0.490 e. The van der Waals surface area contributed by atoms with Crippen LogP contribution in [0.2, 0.25) is 5.15 Å². The number of carbonyl (C=O) groups is 1. The summed E-state index contributed by atoms with van der Waals surface area (Å²) >= 11 is 5.67. The van der Waals surface area contributed by atoms with Crippen molar-refractivity contribution in [2.75, 3.05) is 27.0 Å². The van der Waals surface area contributed by atoms with Gasteiger partial charge >= 0.3 is 21.7 Å². The van der Waals surface area contributed by atoms with Crippen LogP contribution in [0.3, 0.4) is 0 Å². The zero-order valence-corrected chi connectivity index (χ0v) is 16.9. The number of nitrogens with one attached hydrogen (secondary N) is 1. The van der Waals surface area contributed by atoms with Crippen molar-refractivity contribution in [2.24, 2.45) is 0 Å². The SMILES string of the molecule is COCN([C@@H](C)COc1cnc(Cl)c(C(=O)NCC(F)(F)F)c1)S(=O)(=O)C(F)(F)F. The number of nitrogens with zero attached hydrogens (tertiary/aromatic N) is 2. The summed E-state index contributed by atoms with van der Waals surface area (Å²) < 4.78 is 108. The highest BCUT2D eigenvalue weighted by Crippen LogP contribution is 2.28. The van der Waals surface area contributed by atoms with E-state index in [-0.39, 0.29) is 10.1 Å². The van der Waals surface area contributed by atoms with Gasteiger partial charge in [0.25, 0.3) is 5.91 Å². The minimum atomic E-state index is -5.73. The molecule has 1 N–H and O–H groups in total. The summed E-state index contributed by atoms with van der Waals surface area (Å²) in [6.45, 7) is -2.09. The first-order valence-electron chi connectivity index (χ1n) is 7.80. The third kappa shape index (κ3) is 7.14. The third-order valence-corrected chi connectivity index (χ3v) is 5.32. The van der Waals surface area contributed by atoms with E-state index in [0.29, 0.717) is 0 Å². The van der Waals surface area contributed by atoms with Gasteiger partial charge in [0.05, 0.1) is 17.8 Å². The van der Waals surface area contributed by atoms with Crippen molar-refractivity contribution in [3.8, 4) is 5.75 Å². The molecule has 0 unspecified atom stereocenters. The maximum absolute atomic E-state index is 12.8. The van der Waals surface area contributed by atoms with Gasteiger partial charge in [-0.2, -0.15) is 30.6 Å². The van der Waals surface area contributed by atoms with Gasteiger partial charge in [0.15, 0.2) is 0 Å². The Morgan fingerprint density at radius 1 is 1.30 bits per heavy atom. The molecule has 1 atom stereocenters. The third-order valence-electron chi connectivity index (χ3n) is 3.35. The normalized spacial score (nSPS) is 13.9. The number of hydrogen-bond donors (Lipinski definition) is 1. The Bertz CT molecular complexity index is 849. The van der Waals surface area contributed by atoms with E-state index in [1.165, 1.54) is 0 Å². The number of sulfonamides is 1. The lowest BCUT2D eigenvalue weighted by atomic mass is 10.2. The zero-order valence-electron chi connectivity index (χ0n) is 15.3. The van der Waals surface area contributed by atoms with Crippen molar-refractivity contribution in [2.45, 2.75) is 24.7 Å². The Labute approximate surface area is 172 Å². The molecule has 1 rings (SSSR count). The Kier molecular flexibility index (Phi) is 8.71. The van der Waals surface area contributed by atoms with Crippen molar-refractivity contribution < 1.29 is 49.0 Å². The molecule has 0 saturated heterocycles. The second-order valence-corrected chi connectivity index (χ2v) is 7.96. The van der Waals surface area contributed by atoms with Crippen molar-refractivity contribution in [1.29, 1.82) is 0 Å². The molecule has 8 nitrogen and oxygen atoms in total. The average Bonchev–Trinajstić information content (AvgIpc) is 2.61. The number of carbonyl (C=O) groups excluding carboxylic acids is 1. The first kappa shape index (κ1) is 26.2. The van der Waals surface area contributed by atoms with E-state index in [1.54, 1.807) is 5.32 Å². The number of alkyl halides is 6. The summed E-state index contributed by atoms with van der Waals surface area (Å²) in [5, 5.41) is 1.12. The molecule has 0 aromatic carbocycles. The minimum Gasteiger partial charge on any atom is -0.490 e. The van der Waals surface area contributed by atoms with Gasteiger partial charge in [-0.25, -0.2) is 13.4 Å². The number of methoxy groups -OCH3 is 1. The van der Waals surface area contributed by atoms with Gasteiger partial charge in [0, 0.05) is 7.11 Å². The van der Waals surface area contributed by atoms with Gasteiger partial charge in [-0.15, -0.1) is 0 Å². The van der Waals surface area contributed by atoms with E-state index in [0.717, 1.165) is 26.3 Å². The molecule has 0 aliphatic heterocycles. The summed E-state index contributed by atoms with van der Waals surface area (Å²) in [5.41, 5.74) is -6.06. The number of halogens is 7. The molecule has 30 heavy (non-hydrogen) atoms. The largest absolute Gasteiger partial charge is 0.511 e. The zero-order chi connectivity index (χ0) is 23.3. The first-order chi connectivity index (χ1) is 13.6. The van der Waals surface area contributed by atoms with Crippen molar-refractivity contribution in [3.63, 3.8) is 0 Å². The van der Waals surface area contributed by atoms with Gasteiger partial charge in [0.2, 0.25) is 0 Å². The summed E-state index contributed by atoms with van der Waals surface area (Å²) in [4.78, 5) is 15.4. The highest BCUT2D eigenvalue weighted by Gasteiger charge is 2.51. The predicted octanol–water partition coefficient (Wildman–Crippen LogP) is 2.55. The summed E-state index contributed by atoms with van der Waals surface area (Å²) in [7, 11) is -4.75. The Morgan fingerprint density at radius 2 is 1.90 bits per heavy atom. The van der Waals surface area contributed by atoms with Crippen molar-refractivity contribution in [1.82, 2.24) is 14.6 Å². The molecule has 0 saturated carbocycles. The van der Waals surface area contributed by atoms with Crippen LogP contribution in [0.5, 0.6) is 5.75 Å². The number of pyridine rings is 1. The van der Waals surface area contributed by atoms with Gasteiger partial charge in [-0.05, 0) is 13.0 Å². The van der Waals surface area contributed by atoms with E-state index < -0.39 is 64.3 Å². The maximum atomic E-state index is 12.8. The van der Waals surface area contributed by atoms with Crippen molar-refractivity contribution >= 4 is 27.5 Å². The van der Waals surface area contributed by atoms with Crippen LogP contribution in [-0.4, -0.2) is 68.3 Å². The number of aromatic nitrogens is 1. The van der Waals surface area contributed by atoms with Crippen LogP contribution < -0.4 is 10.1 Å². The molecular weight excluding hydrogens is 472 g/mol. The lowest BCUT2D eigenvalue weighted by molar-refractivity contribution is -0.123. The number of ether oxygens (including phenoxy) is 2. The lowest BCUT2D eigenvalue weighted by Gasteiger charge is -2.28. The first-order valence-corrected chi connectivity index (χ1v) is 9.62. The molecule has 0 aliphatic carbocycles. The summed E-state index contributed by atoms with van der Waals surface area (Å²) in [6.07, 6.45) is -3.72. The van der Waals surface area contributed by atoms with Crippen LogP contribution in [0, 0.1) is 0 Å². The fourth-order valence-electron chi connectivity index (χ4n) is 1.94. The Hall–Kier alpha value is -1.84. The fourth-order valence-corrected chi connectivity index (χ4v) is 3.17. The molecule has 0 bridgehead atoms. The molecular formula is C14H16ClF6N3O5S. The Morgan fingerprint density at radius 3 is 2.40 bits per heavy atom. The van der Waals surface area contributed by atoms with Crippen LogP contribution in [0.25, 0.3) is 0 Å². The molecule has 1 heterocycles. The monoisotopic (exact) mass is 487 g/mol. The number of amides is 1. The van der Waals surface area contributed by atoms with Crippen LogP contribution in [0.15, 0.2) is 12.3 Å². The summed E-state index contributed by atoms with van der Waals surface area (Å²) in [6, 6.07) is -0.470. The molecule has 0 fully saturated rings. The number of hydrogen-bond acceptors (Lipinski definition) is 6. The molecule has 1 aromatic rings. The van der Waals surface area contributed by atoms with Gasteiger partial charge in [-0.3, -0.25) is 4.79 Å². The van der Waals surface area contributed by atoms with E-state index >= 15 is 0 Å². The average molecular weight is 488 g/mol. The van der Waals surface area contributed by atoms with Gasteiger partial charge in [-0.1, -0.05) is 11.6 Å². The fraction of sp³-hybridized carbons (Fsp3) is 0.571. The summed E-state index contributed by atoms with van der Waals surface area (Å²) in [5.74, 6) is -1.46. The predicted molar refractivity (Wildman–Crippen MR) is 91.3 cm³/mol. The maximum Gasteiger partial charge on any atom is 0.511 e. The minimum absolute atomic E-state index is 0.00724. The van der Waals surface area contributed by atoms with E-state index in [4.69, 9.17) is 16.3 Å². The second kappa shape index (κ2) is 9.98. The highest BCUT2D eigenvalue weighted by atomic mass is 35.5. The second-order valence-electron chi connectivity index (χ2n) is 5.72. The Balaban J connectivity index is 2.94. The lowest BCUT2D eigenvalue weighted by Crippen LogP contribution is -2.48. The molecule has 1 amide bonds. The molecule has 0 aliphatic rings. The van der Waals surface area contributed by atoms with Crippen LogP contribution in [0.1, 0.15) is 17.3 Å². The molecule has 172 valence electrons. The van der Waals surface area contributed by atoms with Crippen LogP contribution in [-0.2, 0) is 14.8 Å². The molecule has 0 spiro atoms. The van der Waals surface area contributed by atoms with Crippen molar-refractivity contribution in [3.05, 3.63) is 23.0 Å². The standard InChI is InChI=1S/C14H16ClF6N3O5S/c1-8(24(7-28-2)30(26,27)14(19,20)21)5-29-9-3-10(11(15)22-4-9)12(25)23-6-13(16,17)18/h3-4,8H,5-7H2,1-2H3,(H,23,25)/t8-/m0/s1. The van der Waals surface area contributed by atoms with E-state index in [9.17, 15) is 39.6 Å². The molecule has 1 aromatic heterocycles. The van der Waals surface area contributed by atoms with Gasteiger partial charge < -0.3 is 14.8 Å². The topological polar surface area (TPSA) is 97.8 Å². The quantitative estimate of drug-likeness (QED) is 0.327. The van der Waals surface area contributed by atoms with Crippen LogP contribution >= 0.6 is 11.6 Å². The molecule has 0 radical (unpaired) electrons. The molecule has 16 heteroatoms. The highest BCUT2D eigenvalue weighted by molar-refractivity contribution is 7.90. The van der Waals surface area contributed by atoms with E-state index in [1.807, 2.05) is 0 Å². The van der Waals surface area contributed by atoms with Crippen LogP contribution in [0.4, 0.5) is 26.3 Å². The van der Waals surface area contributed by atoms with Gasteiger partial charge in [0.1, 0.15) is 30.8 Å². The van der Waals surface area contributed by atoms with E-state index in [2.05, 4.69) is 9.72 Å².